The van der Waals surface area contributed by atoms with Crippen molar-refractivity contribution in [3.8, 4) is 0 Å². The van der Waals surface area contributed by atoms with Gasteiger partial charge in [0.2, 0.25) is 4.96 Å². The number of nitrogens with zero attached hydrogens (tertiary/aromatic N) is 3. The SMILES string of the molecule is Br.O=C(O)c1cn2nc(Br)sc2n1. The van der Waals surface area contributed by atoms with Gasteiger partial charge in [-0.15, -0.1) is 22.1 Å². The molecule has 70 valence electrons. The molecule has 0 fully saturated rings. The molecule has 1 N–H and O–H groups in total. The van der Waals surface area contributed by atoms with Crippen LogP contribution in [0.4, 0.5) is 0 Å². The summed E-state index contributed by atoms with van der Waals surface area (Å²) in [5.41, 5.74) is 0.0150. The maximum atomic E-state index is 10.4. The van der Waals surface area contributed by atoms with E-state index in [0.29, 0.717) is 8.88 Å². The topological polar surface area (TPSA) is 67.5 Å². The van der Waals surface area contributed by atoms with Crippen LogP contribution < -0.4 is 0 Å². The number of carboxylic acids is 1. The van der Waals surface area contributed by atoms with Gasteiger partial charge in [-0.1, -0.05) is 11.3 Å². The quantitative estimate of drug-likeness (QED) is 0.867. The summed E-state index contributed by atoms with van der Waals surface area (Å²) in [5, 5.41) is 12.5. The Labute approximate surface area is 95.3 Å². The fourth-order valence-corrected chi connectivity index (χ4v) is 1.99. The molecule has 8 heteroatoms. The van der Waals surface area contributed by atoms with Crippen molar-refractivity contribution in [1.29, 1.82) is 0 Å². The first-order chi connectivity index (χ1) is 5.66. The molecule has 0 amide bonds. The molecule has 0 saturated carbocycles. The Morgan fingerprint density at radius 2 is 2.38 bits per heavy atom. The lowest BCUT2D eigenvalue weighted by Crippen LogP contribution is -1.95. The van der Waals surface area contributed by atoms with E-state index in [1.165, 1.54) is 22.0 Å². The van der Waals surface area contributed by atoms with Gasteiger partial charge in [0.15, 0.2) is 9.61 Å². The monoisotopic (exact) mass is 327 g/mol. The van der Waals surface area contributed by atoms with E-state index >= 15 is 0 Å². The lowest BCUT2D eigenvalue weighted by atomic mass is 10.5. The van der Waals surface area contributed by atoms with E-state index in [-0.39, 0.29) is 22.7 Å². The molecule has 0 unspecified atom stereocenters. The third-order valence-corrected chi connectivity index (χ3v) is 2.59. The van der Waals surface area contributed by atoms with Gasteiger partial charge in [0.25, 0.3) is 0 Å². The average molecular weight is 329 g/mol. The molecule has 0 aliphatic rings. The van der Waals surface area contributed by atoms with Crippen LogP contribution in [0.2, 0.25) is 0 Å². The largest absolute Gasteiger partial charge is 0.476 e. The summed E-state index contributed by atoms with van der Waals surface area (Å²) in [6.07, 6.45) is 1.37. The molecule has 0 aliphatic carbocycles. The maximum Gasteiger partial charge on any atom is 0.356 e. The van der Waals surface area contributed by atoms with E-state index in [9.17, 15) is 4.79 Å². The number of halogens is 2. The predicted octanol–water partition coefficient (Wildman–Crippen LogP) is 1.83. The van der Waals surface area contributed by atoms with Crippen molar-refractivity contribution in [2.75, 3.05) is 0 Å². The van der Waals surface area contributed by atoms with Gasteiger partial charge in [-0.05, 0) is 15.9 Å². The van der Waals surface area contributed by atoms with Gasteiger partial charge in [-0.2, -0.15) is 0 Å². The average Bonchev–Trinajstić information content (AvgIpc) is 2.42. The van der Waals surface area contributed by atoms with E-state index in [0.717, 1.165) is 0 Å². The van der Waals surface area contributed by atoms with Gasteiger partial charge < -0.3 is 5.11 Å². The van der Waals surface area contributed by atoms with Crippen LogP contribution in [0.25, 0.3) is 4.96 Å². The van der Waals surface area contributed by atoms with E-state index in [4.69, 9.17) is 5.11 Å². The fraction of sp³-hybridized carbons (Fsp3) is 0. The highest BCUT2D eigenvalue weighted by Crippen LogP contribution is 2.19. The standard InChI is InChI=1S/C5H2BrN3O2S.BrH/c6-4-8-9-1-2(3(10)11)7-5(9)12-4;/h1H,(H,10,11);1H. The number of rotatable bonds is 1. The van der Waals surface area contributed by atoms with Crippen LogP contribution in [-0.2, 0) is 0 Å². The smallest absolute Gasteiger partial charge is 0.356 e. The molecular formula is C5H3Br2N3O2S. The highest BCUT2D eigenvalue weighted by Gasteiger charge is 2.11. The van der Waals surface area contributed by atoms with Crippen LogP contribution in [0.5, 0.6) is 0 Å². The first-order valence-corrected chi connectivity index (χ1v) is 4.53. The van der Waals surface area contributed by atoms with Crippen molar-refractivity contribution in [2.45, 2.75) is 0 Å². The molecule has 5 nitrogen and oxygen atoms in total. The number of carboxylic acid groups (broad SMARTS) is 1. The zero-order chi connectivity index (χ0) is 8.72. The third-order valence-electron chi connectivity index (χ3n) is 1.24. The highest BCUT2D eigenvalue weighted by atomic mass is 79.9. The summed E-state index contributed by atoms with van der Waals surface area (Å²) in [5.74, 6) is -1.04. The first kappa shape index (κ1) is 10.6. The first-order valence-electron chi connectivity index (χ1n) is 2.92. The van der Waals surface area contributed by atoms with Gasteiger partial charge in [0, 0.05) is 0 Å². The molecular weight excluding hydrogens is 326 g/mol. The van der Waals surface area contributed by atoms with Crippen molar-refractivity contribution in [3.63, 3.8) is 0 Å². The van der Waals surface area contributed by atoms with Gasteiger partial charge in [-0.25, -0.2) is 14.3 Å². The van der Waals surface area contributed by atoms with Gasteiger partial charge >= 0.3 is 5.97 Å². The van der Waals surface area contributed by atoms with Crippen LogP contribution in [0.3, 0.4) is 0 Å². The zero-order valence-electron chi connectivity index (χ0n) is 5.97. The van der Waals surface area contributed by atoms with Crippen LogP contribution in [0, 0.1) is 0 Å². The summed E-state index contributed by atoms with van der Waals surface area (Å²) in [4.78, 5) is 14.8. The van der Waals surface area contributed by atoms with Gasteiger partial charge in [-0.3, -0.25) is 0 Å². The Morgan fingerprint density at radius 1 is 1.69 bits per heavy atom. The Morgan fingerprint density at radius 3 is 2.92 bits per heavy atom. The minimum atomic E-state index is -1.04. The molecule has 0 bridgehead atoms. The second-order valence-electron chi connectivity index (χ2n) is 2.01. The van der Waals surface area contributed by atoms with E-state index < -0.39 is 5.97 Å². The summed E-state index contributed by atoms with van der Waals surface area (Å²) in [7, 11) is 0. The van der Waals surface area contributed by atoms with Crippen molar-refractivity contribution in [1.82, 2.24) is 14.6 Å². The second kappa shape index (κ2) is 3.72. The fourth-order valence-electron chi connectivity index (χ4n) is 0.779. The number of hydrogen-bond donors (Lipinski definition) is 1. The van der Waals surface area contributed by atoms with Gasteiger partial charge in [0.05, 0.1) is 6.20 Å². The summed E-state index contributed by atoms with van der Waals surface area (Å²) in [6.45, 7) is 0. The molecule has 0 radical (unpaired) electrons. The number of carbonyl (C=O) groups is 1. The number of aromatic nitrogens is 3. The second-order valence-corrected chi connectivity index (χ2v) is 4.25. The molecule has 2 aromatic heterocycles. The van der Waals surface area contributed by atoms with Gasteiger partial charge in [0.1, 0.15) is 0 Å². The number of hydrogen-bond acceptors (Lipinski definition) is 4. The molecule has 2 aromatic rings. The molecule has 0 spiro atoms. The molecule has 0 aromatic carbocycles. The number of aromatic carboxylic acids is 1. The molecule has 0 aliphatic heterocycles. The van der Waals surface area contributed by atoms with Crippen LogP contribution in [-0.4, -0.2) is 25.7 Å². The molecule has 2 rings (SSSR count). The zero-order valence-corrected chi connectivity index (χ0v) is 10.1. The van der Waals surface area contributed by atoms with Crippen molar-refractivity contribution in [3.05, 3.63) is 15.8 Å². The Balaban J connectivity index is 0.000000845. The van der Waals surface area contributed by atoms with E-state index in [1.54, 1.807) is 0 Å². The molecule has 0 atom stereocenters. The predicted molar refractivity (Wildman–Crippen MR) is 55.8 cm³/mol. The molecule has 13 heavy (non-hydrogen) atoms. The molecule has 0 saturated heterocycles. The summed E-state index contributed by atoms with van der Waals surface area (Å²) >= 11 is 4.45. The van der Waals surface area contributed by atoms with Crippen LogP contribution in [0.15, 0.2) is 10.1 Å². The summed E-state index contributed by atoms with van der Waals surface area (Å²) < 4.78 is 2.11. The van der Waals surface area contributed by atoms with Crippen molar-refractivity contribution in [2.24, 2.45) is 0 Å². The van der Waals surface area contributed by atoms with E-state index in [1.807, 2.05) is 0 Å². The minimum Gasteiger partial charge on any atom is -0.476 e. The minimum absolute atomic E-state index is 0. The Bertz CT molecular complexity index is 420. The van der Waals surface area contributed by atoms with E-state index in [2.05, 4.69) is 26.0 Å². The van der Waals surface area contributed by atoms with Crippen LogP contribution >= 0.6 is 44.2 Å². The number of fused-ring (bicyclic) bond motifs is 1. The lowest BCUT2D eigenvalue weighted by molar-refractivity contribution is 0.0691. The third kappa shape index (κ3) is 1.89. The Hall–Kier alpha value is -0.470. The number of imidazole rings is 1. The highest BCUT2D eigenvalue weighted by molar-refractivity contribution is 9.11. The van der Waals surface area contributed by atoms with Crippen molar-refractivity contribution >= 4 is 55.2 Å². The van der Waals surface area contributed by atoms with Crippen molar-refractivity contribution < 1.29 is 9.90 Å². The van der Waals surface area contributed by atoms with Crippen LogP contribution in [0.1, 0.15) is 10.5 Å². The normalized spacial score (nSPS) is 9.92. The maximum absolute atomic E-state index is 10.4. The lowest BCUT2D eigenvalue weighted by Gasteiger charge is -1.79. The molecule has 2 heterocycles. The Kier molecular flexibility index (Phi) is 3.04. The summed E-state index contributed by atoms with van der Waals surface area (Å²) in [6, 6.07) is 0.